The molecule has 0 bridgehead atoms. The Balaban J connectivity index is 1.60. The van der Waals surface area contributed by atoms with Gasteiger partial charge < -0.3 is 15.2 Å². The van der Waals surface area contributed by atoms with Crippen molar-refractivity contribution in [1.82, 2.24) is 10.2 Å². The normalized spacial score (nSPS) is 20.6. The third kappa shape index (κ3) is 3.40. The van der Waals surface area contributed by atoms with E-state index in [4.69, 9.17) is 10.00 Å². The van der Waals surface area contributed by atoms with Gasteiger partial charge in [0.2, 0.25) is 0 Å². The first-order chi connectivity index (χ1) is 12.4. The minimum atomic E-state index is -1.12. The van der Waals surface area contributed by atoms with Crippen molar-refractivity contribution < 1.29 is 19.4 Å². The average molecular weight is 371 g/mol. The van der Waals surface area contributed by atoms with Crippen LogP contribution in [-0.2, 0) is 10.3 Å². The zero-order valence-corrected chi connectivity index (χ0v) is 14.8. The third-order valence-electron chi connectivity index (χ3n) is 4.19. The molecule has 3 rings (SSSR count). The van der Waals surface area contributed by atoms with E-state index in [-0.39, 0.29) is 13.2 Å². The second-order valence-corrected chi connectivity index (χ2v) is 6.86. The van der Waals surface area contributed by atoms with Gasteiger partial charge in [0, 0.05) is 0 Å². The summed E-state index contributed by atoms with van der Waals surface area (Å²) >= 11 is 1.44. The van der Waals surface area contributed by atoms with Crippen molar-refractivity contribution in [2.75, 3.05) is 13.2 Å². The van der Waals surface area contributed by atoms with Crippen molar-refractivity contribution in [2.24, 2.45) is 0 Å². The Morgan fingerprint density at radius 3 is 2.69 bits per heavy atom. The lowest BCUT2D eigenvalue weighted by molar-refractivity contribution is -0.132. The van der Waals surface area contributed by atoms with E-state index in [2.05, 4.69) is 5.32 Å². The zero-order chi connectivity index (χ0) is 18.7. The first-order valence-corrected chi connectivity index (χ1v) is 8.86. The lowest BCUT2D eigenvalue weighted by Gasteiger charge is -2.22. The van der Waals surface area contributed by atoms with Crippen LogP contribution in [0.5, 0.6) is 5.75 Å². The van der Waals surface area contributed by atoms with Crippen molar-refractivity contribution in [3.8, 4) is 11.8 Å². The van der Waals surface area contributed by atoms with Crippen LogP contribution >= 0.6 is 11.3 Å². The number of aliphatic hydroxyl groups is 1. The van der Waals surface area contributed by atoms with Crippen LogP contribution in [-0.4, -0.2) is 41.2 Å². The van der Waals surface area contributed by atoms with Crippen molar-refractivity contribution in [1.29, 1.82) is 5.26 Å². The van der Waals surface area contributed by atoms with Crippen LogP contribution in [0.4, 0.5) is 4.79 Å². The fraction of sp³-hybridized carbons (Fsp3) is 0.278. The van der Waals surface area contributed by atoms with Crippen LogP contribution in [0.15, 0.2) is 41.1 Å². The smallest absolute Gasteiger partial charge is 0.325 e. The van der Waals surface area contributed by atoms with Gasteiger partial charge in [-0.1, -0.05) is 0 Å². The van der Waals surface area contributed by atoms with Gasteiger partial charge >= 0.3 is 6.03 Å². The van der Waals surface area contributed by atoms with Gasteiger partial charge in [-0.25, -0.2) is 4.79 Å². The maximum Gasteiger partial charge on any atom is 0.325 e. The maximum absolute atomic E-state index is 12.7. The molecule has 2 N–H and O–H groups in total. The van der Waals surface area contributed by atoms with Gasteiger partial charge in [0.05, 0.1) is 18.2 Å². The molecule has 1 aromatic carbocycles. The Morgan fingerprint density at radius 1 is 1.35 bits per heavy atom. The van der Waals surface area contributed by atoms with Gasteiger partial charge in [0.25, 0.3) is 5.91 Å². The van der Waals surface area contributed by atoms with E-state index >= 15 is 0 Å². The number of β-amino-alcohol motifs (C(OH)–C–C–N with tert-alkyl or cyclic N) is 1. The monoisotopic (exact) mass is 371 g/mol. The molecule has 2 aromatic rings. The number of nitrogens with one attached hydrogen (secondary N) is 1. The number of imide groups is 1. The zero-order valence-electron chi connectivity index (χ0n) is 14.0. The molecule has 0 unspecified atom stereocenters. The molecule has 8 heteroatoms. The fourth-order valence-corrected chi connectivity index (χ4v) is 3.45. The number of benzene rings is 1. The third-order valence-corrected chi connectivity index (χ3v) is 4.88. The Bertz CT molecular complexity index is 844. The van der Waals surface area contributed by atoms with Gasteiger partial charge in [0.15, 0.2) is 0 Å². The quantitative estimate of drug-likeness (QED) is 0.754. The predicted molar refractivity (Wildman–Crippen MR) is 94.6 cm³/mol. The summed E-state index contributed by atoms with van der Waals surface area (Å²) in [7, 11) is 0. The molecule has 2 heterocycles. The number of nitriles is 1. The van der Waals surface area contributed by atoms with Crippen molar-refractivity contribution >= 4 is 23.3 Å². The highest BCUT2D eigenvalue weighted by molar-refractivity contribution is 7.08. The van der Waals surface area contributed by atoms with Gasteiger partial charge in [-0.2, -0.15) is 16.6 Å². The number of nitrogens with zero attached hydrogens (tertiary/aromatic N) is 2. The molecule has 1 saturated heterocycles. The van der Waals surface area contributed by atoms with Crippen molar-refractivity contribution in [3.63, 3.8) is 0 Å². The number of amides is 3. The summed E-state index contributed by atoms with van der Waals surface area (Å²) in [6.07, 6.45) is -1.04. The van der Waals surface area contributed by atoms with Crippen molar-refractivity contribution in [3.05, 3.63) is 52.2 Å². The first kappa shape index (κ1) is 17.9. The molecule has 3 amide bonds. The van der Waals surface area contributed by atoms with E-state index in [0.717, 1.165) is 4.90 Å². The maximum atomic E-state index is 12.7. The van der Waals surface area contributed by atoms with E-state index in [1.807, 2.05) is 16.8 Å². The summed E-state index contributed by atoms with van der Waals surface area (Å²) in [5.74, 6) is 0.0849. The molecule has 2 atom stereocenters. The standard InChI is InChI=1S/C18H17N3O4S/c1-18(13-6-7-26-11-13)16(23)21(17(24)20-18)9-14(22)10-25-15-4-2-12(8-19)3-5-15/h2-7,11,14,22H,9-10H2,1H3,(H,20,24)/t14-,18+/m0/s1. The highest BCUT2D eigenvalue weighted by Gasteiger charge is 2.49. The first-order valence-electron chi connectivity index (χ1n) is 7.92. The molecular formula is C18H17N3O4S. The van der Waals surface area contributed by atoms with Gasteiger partial charge in [0.1, 0.15) is 24.0 Å². The summed E-state index contributed by atoms with van der Waals surface area (Å²) in [6, 6.07) is 9.69. The second-order valence-electron chi connectivity index (χ2n) is 6.08. The van der Waals surface area contributed by atoms with Crippen LogP contribution in [0.3, 0.4) is 0 Å². The summed E-state index contributed by atoms with van der Waals surface area (Å²) in [4.78, 5) is 25.9. The van der Waals surface area contributed by atoms with Crippen LogP contribution in [0, 0.1) is 11.3 Å². The van der Waals surface area contributed by atoms with Crippen LogP contribution < -0.4 is 10.1 Å². The molecule has 1 aliphatic heterocycles. The highest BCUT2D eigenvalue weighted by atomic mass is 32.1. The topological polar surface area (TPSA) is 103 Å². The Kier molecular flexibility index (Phi) is 4.93. The Hall–Kier alpha value is -2.89. The molecule has 0 saturated carbocycles. The molecule has 26 heavy (non-hydrogen) atoms. The lowest BCUT2D eigenvalue weighted by Crippen LogP contribution is -2.42. The molecule has 7 nitrogen and oxygen atoms in total. The molecule has 0 radical (unpaired) electrons. The number of thiophene rings is 1. The lowest BCUT2D eigenvalue weighted by atomic mass is 9.95. The largest absolute Gasteiger partial charge is 0.491 e. The molecule has 1 aromatic heterocycles. The molecule has 1 fully saturated rings. The van der Waals surface area contributed by atoms with Crippen LogP contribution in [0.1, 0.15) is 18.1 Å². The number of carbonyl (C=O) groups is 2. The predicted octanol–water partition coefficient (Wildman–Crippen LogP) is 1.83. The van der Waals surface area contributed by atoms with E-state index in [0.29, 0.717) is 16.9 Å². The number of aliphatic hydroxyl groups excluding tert-OH is 1. The minimum Gasteiger partial charge on any atom is -0.491 e. The summed E-state index contributed by atoms with van der Waals surface area (Å²) < 4.78 is 5.44. The number of carbonyl (C=O) groups excluding carboxylic acids is 2. The molecule has 134 valence electrons. The fourth-order valence-electron chi connectivity index (χ4n) is 2.69. The number of ether oxygens (including phenoxy) is 1. The Morgan fingerprint density at radius 2 is 2.08 bits per heavy atom. The van der Waals surface area contributed by atoms with E-state index in [1.165, 1.54) is 11.3 Å². The summed E-state index contributed by atoms with van der Waals surface area (Å²) in [5, 5.41) is 25.3. The van der Waals surface area contributed by atoms with E-state index in [9.17, 15) is 14.7 Å². The van der Waals surface area contributed by atoms with E-state index in [1.54, 1.807) is 37.3 Å². The van der Waals surface area contributed by atoms with Crippen molar-refractivity contribution in [2.45, 2.75) is 18.6 Å². The minimum absolute atomic E-state index is 0.0852. The SMILES string of the molecule is C[C@]1(c2ccsc2)NC(=O)N(C[C@H](O)COc2ccc(C#N)cc2)C1=O. The van der Waals surface area contributed by atoms with Crippen LogP contribution in [0.25, 0.3) is 0 Å². The van der Waals surface area contributed by atoms with E-state index < -0.39 is 23.6 Å². The average Bonchev–Trinajstić information content (AvgIpc) is 3.25. The molecule has 0 aliphatic carbocycles. The molecule has 1 aliphatic rings. The highest BCUT2D eigenvalue weighted by Crippen LogP contribution is 2.30. The summed E-state index contributed by atoms with van der Waals surface area (Å²) in [5.41, 5.74) is 0.0988. The number of hydrogen-bond donors (Lipinski definition) is 2. The molecular weight excluding hydrogens is 354 g/mol. The van der Waals surface area contributed by atoms with Crippen LogP contribution in [0.2, 0.25) is 0 Å². The number of rotatable bonds is 6. The van der Waals surface area contributed by atoms with Gasteiger partial charge in [-0.15, -0.1) is 0 Å². The number of urea groups is 1. The summed E-state index contributed by atoms with van der Waals surface area (Å²) in [6.45, 7) is 1.40. The Labute approximate surface area is 154 Å². The second kappa shape index (κ2) is 7.15. The molecule has 0 spiro atoms. The van der Waals surface area contributed by atoms with Gasteiger partial charge in [-0.3, -0.25) is 9.69 Å². The number of hydrogen-bond acceptors (Lipinski definition) is 6. The van der Waals surface area contributed by atoms with Gasteiger partial charge in [-0.05, 0) is 53.6 Å².